The average molecular weight is 1300 g/mol. The summed E-state index contributed by atoms with van der Waals surface area (Å²) in [4.78, 5) is 169. The summed E-state index contributed by atoms with van der Waals surface area (Å²) < 4.78 is 134. The van der Waals surface area contributed by atoms with Crippen LogP contribution in [0, 0.1) is 0 Å². The molecule has 0 N–H and O–H groups in total. The van der Waals surface area contributed by atoms with E-state index in [4.69, 9.17) is 0 Å². The summed E-state index contributed by atoms with van der Waals surface area (Å²) in [5.74, 6) is -12.4. The van der Waals surface area contributed by atoms with Gasteiger partial charge in [-0.25, -0.2) is 18.5 Å². The fourth-order valence-corrected chi connectivity index (χ4v) is 14.4. The van der Waals surface area contributed by atoms with Gasteiger partial charge in [0, 0.05) is 42.6 Å². The molecular formula is C9H18N3Na15O30P10. The van der Waals surface area contributed by atoms with Crippen molar-refractivity contribution >= 4 is 76.0 Å². The zero-order valence-electron chi connectivity index (χ0n) is 39.4. The molecule has 0 aliphatic heterocycles. The van der Waals surface area contributed by atoms with E-state index in [0.29, 0.717) is 0 Å². The maximum Gasteiger partial charge on any atom is 1.00 e. The van der Waals surface area contributed by atoms with Crippen molar-refractivity contribution in [3.8, 4) is 0 Å². The van der Waals surface area contributed by atoms with E-state index >= 15 is 0 Å². The minimum Gasteiger partial charge on any atom is -0.810 e. The normalized spacial score (nSPS) is 15.4. The molecule has 314 valence electrons. The van der Waals surface area contributed by atoms with Crippen LogP contribution in [0.5, 0.6) is 0 Å². The predicted molar refractivity (Wildman–Crippen MR) is 131 cm³/mol. The van der Waals surface area contributed by atoms with Crippen LogP contribution >= 0.6 is 76.0 Å². The molecule has 0 fully saturated rings. The molecule has 0 aromatic carbocycles. The number of rotatable bonds is 26. The fraction of sp³-hybridized carbons (Fsp3) is 1.00. The van der Waals surface area contributed by atoms with Crippen molar-refractivity contribution in [3.63, 3.8) is 0 Å². The summed E-state index contributed by atoms with van der Waals surface area (Å²) in [6.07, 6.45) is 0. The van der Waals surface area contributed by atoms with E-state index in [1.165, 1.54) is 0 Å². The minimum atomic E-state index is -6.19. The van der Waals surface area contributed by atoms with Crippen LogP contribution in [0.15, 0.2) is 0 Å². The Labute approximate surface area is 715 Å². The number of hydroxylamine groups is 6. The van der Waals surface area contributed by atoms with Crippen LogP contribution in [-0.2, 0) is 68.8 Å². The molecule has 0 aromatic rings. The first-order chi connectivity index (χ1) is 22.5. The van der Waals surface area contributed by atoms with Gasteiger partial charge >= 0.3 is 443 Å². The van der Waals surface area contributed by atoms with Gasteiger partial charge in [-0.15, -0.1) is 0 Å². The van der Waals surface area contributed by atoms with E-state index in [9.17, 15) is 119 Å². The summed E-state index contributed by atoms with van der Waals surface area (Å²) in [6, 6.07) is 0. The van der Waals surface area contributed by atoms with Gasteiger partial charge in [0.25, 0.3) is 0 Å². The quantitative estimate of drug-likeness (QED) is 0.0441. The molecule has 0 aromatic heterocycles. The molecule has 0 aliphatic carbocycles. The molecule has 58 heteroatoms. The first-order valence-corrected chi connectivity index (χ1v) is 29.1. The van der Waals surface area contributed by atoms with Gasteiger partial charge in [-0.05, 0) is 0 Å². The summed E-state index contributed by atoms with van der Waals surface area (Å²) >= 11 is 0. The Morgan fingerprint density at radius 3 is 0.507 bits per heavy atom. The summed E-state index contributed by atoms with van der Waals surface area (Å²) in [5, 5.41) is -2.35. The Kier molecular flexibility index (Phi) is 103. The van der Waals surface area contributed by atoms with E-state index in [1.54, 1.807) is 0 Å². The largest absolute Gasteiger partial charge is 1.00 e. The van der Waals surface area contributed by atoms with E-state index in [-0.39, 0.29) is 443 Å². The van der Waals surface area contributed by atoms with Crippen LogP contribution in [0.25, 0.3) is 0 Å². The Morgan fingerprint density at radius 1 is 0.239 bits per heavy atom. The summed E-state index contributed by atoms with van der Waals surface area (Å²) in [5.41, 5.74) is 0. The van der Waals surface area contributed by atoms with Crippen molar-refractivity contribution in [1.29, 1.82) is 0 Å². The third kappa shape index (κ3) is 80.4. The number of nitrogens with zero attached hydrogens (tertiary/aromatic N) is 3. The Morgan fingerprint density at radius 2 is 0.373 bits per heavy atom. The van der Waals surface area contributed by atoms with Crippen LogP contribution in [0.4, 0.5) is 0 Å². The second kappa shape index (κ2) is 55.2. The molecule has 0 amide bonds. The standard InChI is InChI=1S/C9H33N3O30P10.15Na/c13-43(14,15)5-48(28,29)38-10(1-3-11(39-49(30,31)6-44(16,17)18)40-50(32,33)7-45(19,20)21)2-4-12(41-51(34,35)8-46(22,23)24)42-52(36,37)9-47(25,26)27;;;;;;;;;;;;;;;/h1-9H2,(H,28,29)(H,30,31)(H,32,33)(H,34,35)(H,36,37)(H2,13,14,15)(H2,16,17,18)(H2,19,20,21)(H2,22,23,24)(H2,25,26,27);;;;;;;;;;;;;;;/q;15*+1/p-15. The molecule has 0 bridgehead atoms. The summed E-state index contributed by atoms with van der Waals surface area (Å²) in [6.45, 7) is -6.95. The molecule has 0 spiro atoms. The molecule has 0 rings (SSSR count). The molecule has 0 heterocycles. The van der Waals surface area contributed by atoms with Crippen LogP contribution in [-0.4, -0.2) is 71.2 Å². The molecule has 33 nitrogen and oxygen atoms in total. The third-order valence-electron chi connectivity index (χ3n) is 3.90. The maximum absolute atomic E-state index is 12.1. The minimum absolute atomic E-state index is 0. The second-order valence-corrected chi connectivity index (χ2v) is 28.0. The first kappa shape index (κ1) is 125. The molecule has 0 radical (unpaired) electrons. The Bertz CT molecular complexity index is 1560. The molecule has 0 saturated heterocycles. The molecule has 67 heavy (non-hydrogen) atoms. The summed E-state index contributed by atoms with van der Waals surface area (Å²) in [7, 11) is -61.5. The van der Waals surface area contributed by atoms with Crippen molar-refractivity contribution in [2.45, 2.75) is 0 Å². The predicted octanol–water partition coefficient (Wildman–Crippen LogP) is -56.3. The topological polar surface area (TPSA) is 572 Å². The second-order valence-electron chi connectivity index (χ2n) is 9.27. The van der Waals surface area contributed by atoms with E-state index in [1.807, 2.05) is 0 Å². The van der Waals surface area contributed by atoms with Crippen LogP contribution in [0.1, 0.15) is 0 Å². The third-order valence-corrected chi connectivity index (χ3v) is 20.0. The van der Waals surface area contributed by atoms with Crippen molar-refractivity contribution in [2.75, 3.05) is 55.7 Å². The molecule has 5 unspecified atom stereocenters. The van der Waals surface area contributed by atoms with Gasteiger partial charge in [0.15, 0.2) is 38.0 Å². The van der Waals surface area contributed by atoms with Gasteiger partial charge in [0.1, 0.15) is 0 Å². The first-order valence-electron chi connectivity index (χ1n) is 11.8. The van der Waals surface area contributed by atoms with Crippen LogP contribution in [0.2, 0.25) is 0 Å². The van der Waals surface area contributed by atoms with Crippen LogP contribution < -0.4 is 517 Å². The van der Waals surface area contributed by atoms with Gasteiger partial charge in [-0.2, -0.15) is 5.06 Å². The molecule has 5 atom stereocenters. The number of hydrogen-bond donors (Lipinski definition) is 0. The van der Waals surface area contributed by atoms with E-state index in [2.05, 4.69) is 23.1 Å². The Hall–Kier alpha value is 16.4. The van der Waals surface area contributed by atoms with E-state index in [0.717, 1.165) is 0 Å². The van der Waals surface area contributed by atoms with Gasteiger partial charge in [0.05, 0.1) is 13.1 Å². The zero-order chi connectivity index (χ0) is 41.6. The van der Waals surface area contributed by atoms with Gasteiger partial charge in [0.2, 0.25) is 0 Å². The zero-order valence-corrected chi connectivity index (χ0v) is 78.4. The molecular weight excluding hydrogens is 1280 g/mol. The van der Waals surface area contributed by atoms with E-state index < -0.39 is 147 Å². The Balaban J connectivity index is -0.000000124. The average Bonchev–Trinajstić information content (AvgIpc) is 2.70. The van der Waals surface area contributed by atoms with Crippen molar-refractivity contribution in [3.05, 3.63) is 0 Å². The van der Waals surface area contributed by atoms with Crippen molar-refractivity contribution in [2.24, 2.45) is 0 Å². The smallest absolute Gasteiger partial charge is 0.810 e. The number of hydrogen-bond acceptors (Lipinski definition) is 33. The molecule has 0 saturated carbocycles. The molecule has 0 aliphatic rings. The van der Waals surface area contributed by atoms with Gasteiger partial charge in [-0.1, -0.05) is 48.4 Å². The SMILES string of the molecule is O=P([O-])([O-])CP(=O)([O-])ON(CCN(OP(=O)([O-])CP(=O)([O-])[O-])OP(=O)([O-])CP(=O)([O-])[O-])CCN(OP(=O)([O-])CP(=O)([O-])[O-])OP(=O)([O-])CP(=O)([O-])[O-].[Na+].[Na+].[Na+].[Na+].[Na+].[Na+].[Na+].[Na+].[Na+].[Na+].[Na+].[Na+].[Na+].[Na+].[Na+]. The maximum atomic E-state index is 12.1. The van der Waals surface area contributed by atoms with Crippen molar-refractivity contribution in [1.82, 2.24) is 15.5 Å². The van der Waals surface area contributed by atoms with Gasteiger partial charge in [-0.3, -0.25) is 4.62 Å². The van der Waals surface area contributed by atoms with Crippen molar-refractivity contribution < 1.29 is 586 Å². The monoisotopic (exact) mass is 1300 g/mol. The fourth-order valence-electron chi connectivity index (χ4n) is 2.69. The van der Waals surface area contributed by atoms with Crippen LogP contribution in [0.3, 0.4) is 0 Å². The van der Waals surface area contributed by atoms with Gasteiger partial charge < -0.3 is 119 Å².